The first-order valence-corrected chi connectivity index (χ1v) is 12.0. The van der Waals surface area contributed by atoms with Crippen molar-refractivity contribution in [3.63, 3.8) is 0 Å². The quantitative estimate of drug-likeness (QED) is 0.355. The van der Waals surface area contributed by atoms with Crippen LogP contribution in [0, 0.1) is 17.8 Å². The highest BCUT2D eigenvalue weighted by molar-refractivity contribution is 14.0. The second-order valence-corrected chi connectivity index (χ2v) is 10.9. The van der Waals surface area contributed by atoms with E-state index < -0.39 is 9.84 Å². The first kappa shape index (κ1) is 22.2. The number of sulfone groups is 1. The number of hydrogen-bond acceptors (Lipinski definition) is 3. The molecule has 26 heavy (non-hydrogen) atoms. The summed E-state index contributed by atoms with van der Waals surface area (Å²) in [5, 5.41) is 7.29. The molecule has 5 nitrogen and oxygen atoms in total. The fourth-order valence-electron chi connectivity index (χ4n) is 4.50. The highest BCUT2D eigenvalue weighted by Crippen LogP contribution is 2.29. The highest BCUT2D eigenvalue weighted by Gasteiger charge is 2.29. The standard InChI is InChI=1S/C19H35N3O2S.HI/c1-14-7-8-18(11-15(14)2)22-19(21-17-5-3-4-6-17)20-12-16-9-10-25(23,24)13-16;/h14-18H,3-13H2,1-2H3,(H2,20,21,22);1H. The summed E-state index contributed by atoms with van der Waals surface area (Å²) < 4.78 is 23.3. The van der Waals surface area contributed by atoms with Gasteiger partial charge in [0.1, 0.15) is 0 Å². The monoisotopic (exact) mass is 497 g/mol. The summed E-state index contributed by atoms with van der Waals surface area (Å²) in [6.45, 7) is 5.33. The maximum atomic E-state index is 11.7. The number of nitrogens with one attached hydrogen (secondary N) is 2. The molecule has 3 rings (SSSR count). The molecule has 7 heteroatoms. The van der Waals surface area contributed by atoms with Crippen LogP contribution in [0.5, 0.6) is 0 Å². The predicted molar refractivity (Wildman–Crippen MR) is 119 cm³/mol. The van der Waals surface area contributed by atoms with E-state index in [0.717, 1.165) is 24.2 Å². The molecule has 0 aromatic rings. The van der Waals surface area contributed by atoms with E-state index in [-0.39, 0.29) is 29.9 Å². The van der Waals surface area contributed by atoms with Crippen molar-refractivity contribution in [3.8, 4) is 0 Å². The van der Waals surface area contributed by atoms with Gasteiger partial charge in [-0.3, -0.25) is 4.99 Å². The summed E-state index contributed by atoms with van der Waals surface area (Å²) in [5.41, 5.74) is 0. The molecule has 0 amide bonds. The van der Waals surface area contributed by atoms with Gasteiger partial charge in [-0.2, -0.15) is 0 Å². The molecular weight excluding hydrogens is 461 g/mol. The van der Waals surface area contributed by atoms with E-state index in [1.165, 1.54) is 44.9 Å². The zero-order valence-electron chi connectivity index (χ0n) is 16.2. The summed E-state index contributed by atoms with van der Waals surface area (Å²) >= 11 is 0. The Balaban J connectivity index is 0.00000243. The average Bonchev–Trinajstić information content (AvgIpc) is 3.18. The first-order valence-electron chi connectivity index (χ1n) is 10.2. The SMILES string of the molecule is CC1CCC(NC(=NCC2CCS(=O)(=O)C2)NC2CCCC2)CC1C.I. The van der Waals surface area contributed by atoms with Crippen LogP contribution >= 0.6 is 24.0 Å². The van der Waals surface area contributed by atoms with E-state index >= 15 is 0 Å². The van der Waals surface area contributed by atoms with Crippen LogP contribution in [0.4, 0.5) is 0 Å². The summed E-state index contributed by atoms with van der Waals surface area (Å²) in [4.78, 5) is 4.80. The van der Waals surface area contributed by atoms with Crippen LogP contribution in [0.25, 0.3) is 0 Å². The minimum absolute atomic E-state index is 0. The summed E-state index contributed by atoms with van der Waals surface area (Å²) in [6.07, 6.45) is 9.47. The lowest BCUT2D eigenvalue weighted by Crippen LogP contribution is -2.48. The Morgan fingerprint density at radius 1 is 0.962 bits per heavy atom. The molecule has 0 aromatic carbocycles. The topological polar surface area (TPSA) is 70.6 Å². The lowest BCUT2D eigenvalue weighted by molar-refractivity contribution is 0.239. The van der Waals surface area contributed by atoms with Crippen molar-refractivity contribution < 1.29 is 8.42 Å². The third-order valence-corrected chi connectivity index (χ3v) is 8.31. The Bertz CT molecular complexity index is 575. The van der Waals surface area contributed by atoms with Crippen molar-refractivity contribution in [2.24, 2.45) is 22.7 Å². The highest BCUT2D eigenvalue weighted by atomic mass is 127. The van der Waals surface area contributed by atoms with Gasteiger partial charge in [-0.1, -0.05) is 26.7 Å². The van der Waals surface area contributed by atoms with Crippen molar-refractivity contribution >= 4 is 39.8 Å². The zero-order chi connectivity index (χ0) is 17.9. The third kappa shape index (κ3) is 6.53. The van der Waals surface area contributed by atoms with Crippen LogP contribution in [0.3, 0.4) is 0 Å². The molecule has 3 aliphatic rings. The van der Waals surface area contributed by atoms with Gasteiger partial charge in [0.15, 0.2) is 15.8 Å². The summed E-state index contributed by atoms with van der Waals surface area (Å²) in [5.74, 6) is 3.32. The number of nitrogens with zero attached hydrogens (tertiary/aromatic N) is 1. The Morgan fingerprint density at radius 3 is 2.27 bits per heavy atom. The minimum Gasteiger partial charge on any atom is -0.354 e. The summed E-state index contributed by atoms with van der Waals surface area (Å²) in [6, 6.07) is 1.02. The Labute approximate surface area is 176 Å². The van der Waals surface area contributed by atoms with E-state index in [4.69, 9.17) is 4.99 Å². The van der Waals surface area contributed by atoms with Gasteiger partial charge in [0, 0.05) is 18.6 Å². The second-order valence-electron chi connectivity index (χ2n) is 8.69. The van der Waals surface area contributed by atoms with Crippen LogP contribution in [0.15, 0.2) is 4.99 Å². The number of rotatable bonds is 4. The van der Waals surface area contributed by atoms with Crippen molar-refractivity contribution in [1.82, 2.24) is 10.6 Å². The maximum Gasteiger partial charge on any atom is 0.191 e. The van der Waals surface area contributed by atoms with Gasteiger partial charge < -0.3 is 10.6 Å². The molecule has 2 saturated carbocycles. The molecule has 3 fully saturated rings. The van der Waals surface area contributed by atoms with E-state index in [0.29, 0.717) is 30.1 Å². The van der Waals surface area contributed by atoms with E-state index in [1.54, 1.807) is 0 Å². The fraction of sp³-hybridized carbons (Fsp3) is 0.947. The molecule has 0 aromatic heterocycles. The van der Waals surface area contributed by atoms with Gasteiger partial charge in [-0.15, -0.1) is 24.0 Å². The van der Waals surface area contributed by atoms with Crippen LogP contribution in [0.2, 0.25) is 0 Å². The largest absolute Gasteiger partial charge is 0.354 e. The predicted octanol–water partition coefficient (Wildman–Crippen LogP) is 3.34. The Kier molecular flexibility index (Phi) is 8.50. The van der Waals surface area contributed by atoms with Crippen LogP contribution in [-0.4, -0.2) is 44.5 Å². The van der Waals surface area contributed by atoms with Crippen molar-refractivity contribution in [3.05, 3.63) is 0 Å². The lowest BCUT2D eigenvalue weighted by Gasteiger charge is -2.34. The number of aliphatic imine (C=N–C) groups is 1. The summed E-state index contributed by atoms with van der Waals surface area (Å²) in [7, 11) is -2.82. The van der Waals surface area contributed by atoms with Crippen LogP contribution < -0.4 is 10.6 Å². The number of guanidine groups is 1. The molecule has 0 bridgehead atoms. The minimum atomic E-state index is -2.82. The zero-order valence-corrected chi connectivity index (χ0v) is 19.4. The normalized spacial score (nSPS) is 35.1. The Hall–Kier alpha value is -0.0500. The van der Waals surface area contributed by atoms with Gasteiger partial charge >= 0.3 is 0 Å². The molecule has 2 N–H and O–H groups in total. The fourth-order valence-corrected chi connectivity index (χ4v) is 6.35. The van der Waals surface area contributed by atoms with Crippen molar-refractivity contribution in [2.75, 3.05) is 18.1 Å². The third-order valence-electron chi connectivity index (χ3n) is 6.47. The molecule has 1 saturated heterocycles. The molecule has 4 atom stereocenters. The van der Waals surface area contributed by atoms with Gasteiger partial charge in [-0.05, 0) is 56.3 Å². The molecule has 0 radical (unpaired) electrons. The van der Waals surface area contributed by atoms with Crippen LogP contribution in [-0.2, 0) is 9.84 Å². The molecule has 152 valence electrons. The molecular formula is C19H36IN3O2S. The van der Waals surface area contributed by atoms with E-state index in [1.807, 2.05) is 0 Å². The molecule has 1 aliphatic heterocycles. The van der Waals surface area contributed by atoms with Gasteiger partial charge in [0.2, 0.25) is 0 Å². The van der Waals surface area contributed by atoms with Crippen molar-refractivity contribution in [1.29, 1.82) is 0 Å². The second kappa shape index (κ2) is 9.94. The van der Waals surface area contributed by atoms with Crippen molar-refractivity contribution in [2.45, 2.75) is 77.3 Å². The van der Waals surface area contributed by atoms with E-state index in [2.05, 4.69) is 24.5 Å². The molecule has 4 unspecified atom stereocenters. The number of halogens is 1. The molecule has 1 heterocycles. The van der Waals surface area contributed by atoms with Crippen LogP contribution in [0.1, 0.15) is 65.2 Å². The van der Waals surface area contributed by atoms with Gasteiger partial charge in [0.25, 0.3) is 0 Å². The smallest absolute Gasteiger partial charge is 0.191 e. The first-order chi connectivity index (χ1) is 11.9. The molecule has 2 aliphatic carbocycles. The average molecular weight is 497 g/mol. The number of hydrogen-bond donors (Lipinski definition) is 2. The maximum absolute atomic E-state index is 11.7. The van der Waals surface area contributed by atoms with E-state index in [9.17, 15) is 8.42 Å². The Morgan fingerprint density at radius 2 is 1.65 bits per heavy atom. The molecule has 0 spiro atoms. The van der Waals surface area contributed by atoms with Gasteiger partial charge in [-0.25, -0.2) is 8.42 Å². The lowest BCUT2D eigenvalue weighted by atomic mass is 9.79. The van der Waals surface area contributed by atoms with Gasteiger partial charge in [0.05, 0.1) is 11.5 Å².